The Morgan fingerprint density at radius 3 is 2.54 bits per heavy atom. The standard InChI is InChI=1S/C19H20N2O3/c22-17-9-2-1-8-16(17)18(23)20-13-14-6-5-7-15(12-14)19(24)21-10-3-4-11-21/h1-2,5-9,12,22H,3-4,10-11,13H2,(H,20,23). The zero-order chi connectivity index (χ0) is 16.9. The Morgan fingerprint density at radius 1 is 1.04 bits per heavy atom. The number of para-hydroxylation sites is 1. The summed E-state index contributed by atoms with van der Waals surface area (Å²) in [4.78, 5) is 26.4. The summed E-state index contributed by atoms with van der Waals surface area (Å²) in [6.07, 6.45) is 2.12. The van der Waals surface area contributed by atoms with Crippen LogP contribution in [0.25, 0.3) is 0 Å². The maximum atomic E-state index is 12.4. The van der Waals surface area contributed by atoms with Gasteiger partial charge in [-0.05, 0) is 42.7 Å². The molecule has 1 aliphatic heterocycles. The number of benzene rings is 2. The maximum Gasteiger partial charge on any atom is 0.255 e. The van der Waals surface area contributed by atoms with Crippen molar-refractivity contribution in [2.75, 3.05) is 13.1 Å². The fraction of sp³-hybridized carbons (Fsp3) is 0.263. The highest BCUT2D eigenvalue weighted by Crippen LogP contribution is 2.16. The van der Waals surface area contributed by atoms with Crippen molar-refractivity contribution in [1.29, 1.82) is 0 Å². The molecule has 2 aromatic rings. The summed E-state index contributed by atoms with van der Waals surface area (Å²) in [6, 6.07) is 13.7. The molecule has 24 heavy (non-hydrogen) atoms. The molecule has 0 radical (unpaired) electrons. The number of nitrogens with one attached hydrogen (secondary N) is 1. The van der Waals surface area contributed by atoms with Gasteiger partial charge in [-0.3, -0.25) is 9.59 Å². The van der Waals surface area contributed by atoms with Gasteiger partial charge in [-0.2, -0.15) is 0 Å². The van der Waals surface area contributed by atoms with Crippen LogP contribution in [-0.4, -0.2) is 34.9 Å². The molecule has 3 rings (SSSR count). The van der Waals surface area contributed by atoms with E-state index in [4.69, 9.17) is 0 Å². The van der Waals surface area contributed by atoms with Crippen LogP contribution in [0.15, 0.2) is 48.5 Å². The molecule has 2 N–H and O–H groups in total. The van der Waals surface area contributed by atoms with Gasteiger partial charge >= 0.3 is 0 Å². The minimum atomic E-state index is -0.343. The highest BCUT2D eigenvalue weighted by atomic mass is 16.3. The second kappa shape index (κ2) is 7.17. The molecule has 0 aromatic heterocycles. The van der Waals surface area contributed by atoms with Gasteiger partial charge in [0.25, 0.3) is 11.8 Å². The second-order valence-corrected chi connectivity index (χ2v) is 5.90. The molecule has 2 aromatic carbocycles. The van der Waals surface area contributed by atoms with Gasteiger partial charge in [0.15, 0.2) is 0 Å². The molecule has 0 unspecified atom stereocenters. The molecule has 0 saturated carbocycles. The quantitative estimate of drug-likeness (QED) is 0.908. The third-order valence-electron chi connectivity index (χ3n) is 4.17. The minimum absolute atomic E-state index is 0.0429. The average Bonchev–Trinajstić information content (AvgIpc) is 3.14. The van der Waals surface area contributed by atoms with Crippen molar-refractivity contribution in [3.05, 3.63) is 65.2 Å². The van der Waals surface area contributed by atoms with Crippen LogP contribution in [0.5, 0.6) is 5.75 Å². The van der Waals surface area contributed by atoms with Gasteiger partial charge in [-0.1, -0.05) is 24.3 Å². The van der Waals surface area contributed by atoms with Gasteiger partial charge in [-0.25, -0.2) is 0 Å². The number of nitrogens with zero attached hydrogens (tertiary/aromatic N) is 1. The summed E-state index contributed by atoms with van der Waals surface area (Å²) >= 11 is 0. The number of aromatic hydroxyl groups is 1. The van der Waals surface area contributed by atoms with E-state index in [1.165, 1.54) is 6.07 Å². The molecule has 0 aliphatic carbocycles. The summed E-state index contributed by atoms with van der Waals surface area (Å²) in [5.74, 6) is -0.348. The van der Waals surface area contributed by atoms with Crippen LogP contribution in [0.3, 0.4) is 0 Å². The van der Waals surface area contributed by atoms with Crippen molar-refractivity contribution in [2.24, 2.45) is 0 Å². The SMILES string of the molecule is O=C(NCc1cccc(C(=O)N2CCCC2)c1)c1ccccc1O. The molecule has 0 atom stereocenters. The lowest BCUT2D eigenvalue weighted by atomic mass is 10.1. The van der Waals surface area contributed by atoms with Gasteiger partial charge in [0.05, 0.1) is 5.56 Å². The molecule has 5 nitrogen and oxygen atoms in total. The average molecular weight is 324 g/mol. The maximum absolute atomic E-state index is 12.4. The first-order chi connectivity index (χ1) is 11.6. The van der Waals surface area contributed by atoms with Crippen LogP contribution in [-0.2, 0) is 6.54 Å². The third kappa shape index (κ3) is 3.56. The lowest BCUT2D eigenvalue weighted by molar-refractivity contribution is 0.0792. The number of carbonyl (C=O) groups is 2. The monoisotopic (exact) mass is 324 g/mol. The highest BCUT2D eigenvalue weighted by molar-refractivity contribution is 5.97. The number of phenols is 1. The van der Waals surface area contributed by atoms with E-state index < -0.39 is 0 Å². The van der Waals surface area contributed by atoms with E-state index in [9.17, 15) is 14.7 Å². The van der Waals surface area contributed by atoms with E-state index in [0.29, 0.717) is 12.1 Å². The summed E-state index contributed by atoms with van der Waals surface area (Å²) in [5.41, 5.74) is 1.73. The molecule has 2 amide bonds. The number of rotatable bonds is 4. The molecule has 0 spiro atoms. The summed E-state index contributed by atoms with van der Waals surface area (Å²) in [6.45, 7) is 1.93. The molecule has 0 bridgehead atoms. The molecule has 1 saturated heterocycles. The predicted octanol–water partition coefficient (Wildman–Crippen LogP) is 2.56. The fourth-order valence-electron chi connectivity index (χ4n) is 2.86. The molecule has 1 heterocycles. The van der Waals surface area contributed by atoms with Crippen molar-refractivity contribution in [1.82, 2.24) is 10.2 Å². The van der Waals surface area contributed by atoms with Gasteiger partial charge in [-0.15, -0.1) is 0 Å². The van der Waals surface area contributed by atoms with E-state index in [0.717, 1.165) is 31.5 Å². The number of hydrogen-bond acceptors (Lipinski definition) is 3. The van der Waals surface area contributed by atoms with E-state index in [2.05, 4.69) is 5.32 Å². The van der Waals surface area contributed by atoms with Crippen molar-refractivity contribution in [3.8, 4) is 5.75 Å². The Balaban J connectivity index is 1.65. The first-order valence-electron chi connectivity index (χ1n) is 8.09. The Kier molecular flexibility index (Phi) is 4.79. The van der Waals surface area contributed by atoms with Crippen LogP contribution in [0, 0.1) is 0 Å². The number of hydrogen-bond donors (Lipinski definition) is 2. The zero-order valence-electron chi connectivity index (χ0n) is 13.4. The molecular weight excluding hydrogens is 304 g/mol. The minimum Gasteiger partial charge on any atom is -0.507 e. The zero-order valence-corrected chi connectivity index (χ0v) is 13.4. The predicted molar refractivity (Wildman–Crippen MR) is 90.9 cm³/mol. The van der Waals surface area contributed by atoms with Crippen LogP contribution in [0.2, 0.25) is 0 Å². The van der Waals surface area contributed by atoms with Gasteiger partial charge < -0.3 is 15.3 Å². The normalized spacial score (nSPS) is 13.8. The van der Waals surface area contributed by atoms with Crippen molar-refractivity contribution in [3.63, 3.8) is 0 Å². The Hall–Kier alpha value is -2.82. The highest BCUT2D eigenvalue weighted by Gasteiger charge is 2.19. The Bertz CT molecular complexity index is 752. The van der Waals surface area contributed by atoms with Gasteiger partial charge in [0.2, 0.25) is 0 Å². The van der Waals surface area contributed by atoms with Gasteiger partial charge in [0, 0.05) is 25.2 Å². The fourth-order valence-corrected chi connectivity index (χ4v) is 2.86. The summed E-state index contributed by atoms with van der Waals surface area (Å²) < 4.78 is 0. The van der Waals surface area contributed by atoms with E-state index in [-0.39, 0.29) is 23.1 Å². The van der Waals surface area contributed by atoms with E-state index >= 15 is 0 Å². The van der Waals surface area contributed by atoms with Crippen LogP contribution < -0.4 is 5.32 Å². The Labute approximate surface area is 140 Å². The summed E-state index contributed by atoms with van der Waals surface area (Å²) in [5, 5.41) is 12.5. The first-order valence-corrected chi connectivity index (χ1v) is 8.09. The third-order valence-corrected chi connectivity index (χ3v) is 4.17. The van der Waals surface area contributed by atoms with E-state index in [1.807, 2.05) is 23.1 Å². The van der Waals surface area contributed by atoms with Crippen LogP contribution >= 0.6 is 0 Å². The topological polar surface area (TPSA) is 69.6 Å². The molecule has 124 valence electrons. The van der Waals surface area contributed by atoms with Crippen molar-refractivity contribution < 1.29 is 14.7 Å². The number of likely N-dealkylation sites (tertiary alicyclic amines) is 1. The van der Waals surface area contributed by atoms with Gasteiger partial charge in [0.1, 0.15) is 5.75 Å². The second-order valence-electron chi connectivity index (χ2n) is 5.90. The van der Waals surface area contributed by atoms with E-state index in [1.54, 1.807) is 24.3 Å². The molecule has 5 heteroatoms. The largest absolute Gasteiger partial charge is 0.507 e. The lowest BCUT2D eigenvalue weighted by Gasteiger charge is -2.15. The number of amides is 2. The number of carbonyl (C=O) groups excluding carboxylic acids is 2. The number of phenolic OH excluding ortho intramolecular Hbond substituents is 1. The summed E-state index contributed by atoms with van der Waals surface area (Å²) in [7, 11) is 0. The van der Waals surface area contributed by atoms with Crippen molar-refractivity contribution in [2.45, 2.75) is 19.4 Å². The molecule has 1 aliphatic rings. The van der Waals surface area contributed by atoms with Crippen molar-refractivity contribution >= 4 is 11.8 Å². The Morgan fingerprint density at radius 2 is 1.79 bits per heavy atom. The molecular formula is C19H20N2O3. The smallest absolute Gasteiger partial charge is 0.255 e. The first kappa shape index (κ1) is 16.1. The van der Waals surface area contributed by atoms with Crippen LogP contribution in [0.1, 0.15) is 39.1 Å². The molecule has 1 fully saturated rings. The lowest BCUT2D eigenvalue weighted by Crippen LogP contribution is -2.28. The van der Waals surface area contributed by atoms with Crippen LogP contribution in [0.4, 0.5) is 0 Å².